The van der Waals surface area contributed by atoms with Gasteiger partial charge in [-0.2, -0.15) is 0 Å². The second-order valence-electron chi connectivity index (χ2n) is 6.27. The molecule has 2 heterocycles. The Hall–Kier alpha value is -1.93. The van der Waals surface area contributed by atoms with Crippen molar-refractivity contribution >= 4 is 23.5 Å². The molecule has 0 bridgehead atoms. The Morgan fingerprint density at radius 3 is 2.37 bits per heavy atom. The molecule has 8 heteroatoms. The highest BCUT2D eigenvalue weighted by Crippen LogP contribution is 2.29. The van der Waals surface area contributed by atoms with Gasteiger partial charge >= 0.3 is 0 Å². The van der Waals surface area contributed by atoms with E-state index in [2.05, 4.69) is 34.0 Å². The molecular weight excluding hydrogens is 381 g/mol. The van der Waals surface area contributed by atoms with E-state index in [1.54, 1.807) is 23.9 Å². The molecule has 2 aromatic heterocycles. The molecule has 0 radical (unpaired) electrons. The van der Waals surface area contributed by atoms with Crippen LogP contribution >= 0.6 is 23.5 Å². The monoisotopic (exact) mass is 403 g/mol. The smallest absolute Gasteiger partial charge is 0.196 e. The van der Waals surface area contributed by atoms with Crippen LogP contribution in [0.25, 0.3) is 5.69 Å². The van der Waals surface area contributed by atoms with E-state index in [-0.39, 0.29) is 5.82 Å². The van der Waals surface area contributed by atoms with Gasteiger partial charge in [-0.25, -0.2) is 14.4 Å². The van der Waals surface area contributed by atoms with Crippen LogP contribution in [0.2, 0.25) is 0 Å². The highest BCUT2D eigenvalue weighted by atomic mass is 32.2. The van der Waals surface area contributed by atoms with Crippen LogP contribution in [-0.4, -0.2) is 30.0 Å². The molecular formula is C19H22FN5S2. The zero-order valence-electron chi connectivity index (χ0n) is 15.8. The lowest BCUT2D eigenvalue weighted by molar-refractivity contribution is 0.627. The number of thioether (sulfide) groups is 2. The summed E-state index contributed by atoms with van der Waals surface area (Å²) in [5, 5.41) is 10.7. The third kappa shape index (κ3) is 5.07. The standard InChI is InChI=1S/C19H22FN5S2/c1-5-14(4)27-19-24-23-17(25(19)16-8-6-15(20)7-9-16)11-26-18-21-12(2)10-13(3)22-18/h6-10,14H,5,11H2,1-4H3/t14-/m0/s1. The molecule has 0 saturated heterocycles. The Labute approximate surface area is 167 Å². The summed E-state index contributed by atoms with van der Waals surface area (Å²) in [4.78, 5) is 8.94. The molecule has 3 rings (SSSR count). The van der Waals surface area contributed by atoms with Gasteiger partial charge in [-0.3, -0.25) is 4.57 Å². The van der Waals surface area contributed by atoms with Crippen LogP contribution < -0.4 is 0 Å². The predicted molar refractivity (Wildman–Crippen MR) is 108 cm³/mol. The number of rotatable bonds is 7. The molecule has 5 nitrogen and oxygen atoms in total. The van der Waals surface area contributed by atoms with E-state index < -0.39 is 0 Å². The fourth-order valence-electron chi connectivity index (χ4n) is 2.47. The van der Waals surface area contributed by atoms with Gasteiger partial charge in [-0.1, -0.05) is 37.4 Å². The van der Waals surface area contributed by atoms with E-state index >= 15 is 0 Å². The first-order valence-electron chi connectivity index (χ1n) is 8.78. The Kier molecular flexibility index (Phi) is 6.49. The molecule has 142 valence electrons. The Bertz CT molecular complexity index is 891. The second-order valence-corrected chi connectivity index (χ2v) is 8.62. The van der Waals surface area contributed by atoms with Gasteiger partial charge in [0.25, 0.3) is 0 Å². The summed E-state index contributed by atoms with van der Waals surface area (Å²) in [6.45, 7) is 8.22. The minimum Gasteiger partial charge on any atom is -0.273 e. The van der Waals surface area contributed by atoms with Crippen molar-refractivity contribution in [3.63, 3.8) is 0 Å². The van der Waals surface area contributed by atoms with Crippen molar-refractivity contribution in [1.82, 2.24) is 24.7 Å². The first-order valence-corrected chi connectivity index (χ1v) is 10.6. The van der Waals surface area contributed by atoms with Crippen molar-refractivity contribution in [1.29, 1.82) is 0 Å². The van der Waals surface area contributed by atoms with E-state index in [0.717, 1.165) is 39.6 Å². The molecule has 0 fully saturated rings. The fourth-order valence-corrected chi connectivity index (χ4v) is 4.26. The number of hydrogen-bond acceptors (Lipinski definition) is 6. The molecule has 27 heavy (non-hydrogen) atoms. The number of aromatic nitrogens is 5. The van der Waals surface area contributed by atoms with Gasteiger partial charge in [0.2, 0.25) is 0 Å². The summed E-state index contributed by atoms with van der Waals surface area (Å²) in [6.07, 6.45) is 1.03. The molecule has 3 aromatic rings. The van der Waals surface area contributed by atoms with Crippen molar-refractivity contribution in [3.8, 4) is 5.69 Å². The van der Waals surface area contributed by atoms with Gasteiger partial charge in [0.1, 0.15) is 11.6 Å². The van der Waals surface area contributed by atoms with Gasteiger partial charge in [-0.15, -0.1) is 10.2 Å². The highest BCUT2D eigenvalue weighted by Gasteiger charge is 2.17. The number of hydrogen-bond donors (Lipinski definition) is 0. The molecule has 0 aliphatic rings. The zero-order chi connectivity index (χ0) is 19.4. The first kappa shape index (κ1) is 19.8. The third-order valence-corrected chi connectivity index (χ3v) is 6.01. The maximum Gasteiger partial charge on any atom is 0.196 e. The first-order chi connectivity index (χ1) is 13.0. The van der Waals surface area contributed by atoms with E-state index in [9.17, 15) is 4.39 Å². The predicted octanol–water partition coefficient (Wildman–Crippen LogP) is 5.00. The normalized spacial score (nSPS) is 12.3. The Morgan fingerprint density at radius 2 is 1.74 bits per heavy atom. The number of nitrogens with zero attached hydrogens (tertiary/aromatic N) is 5. The summed E-state index contributed by atoms with van der Waals surface area (Å²) < 4.78 is 15.4. The van der Waals surface area contributed by atoms with Crippen molar-refractivity contribution in [2.45, 2.75) is 55.4 Å². The van der Waals surface area contributed by atoms with Gasteiger partial charge < -0.3 is 0 Å². The minimum absolute atomic E-state index is 0.262. The number of halogens is 1. The molecule has 1 atom stereocenters. The van der Waals surface area contributed by atoms with Crippen LogP contribution in [0.15, 0.2) is 40.6 Å². The zero-order valence-corrected chi connectivity index (χ0v) is 17.4. The Balaban J connectivity index is 1.90. The second kappa shape index (κ2) is 8.84. The van der Waals surface area contributed by atoms with Crippen LogP contribution in [0, 0.1) is 19.7 Å². The average molecular weight is 404 g/mol. The molecule has 1 aromatic carbocycles. The molecule has 0 spiro atoms. The number of aryl methyl sites for hydroxylation is 2. The molecule has 0 unspecified atom stereocenters. The quantitative estimate of drug-likeness (QED) is 0.409. The van der Waals surface area contributed by atoms with Gasteiger partial charge in [0.05, 0.1) is 5.75 Å². The average Bonchev–Trinajstić information content (AvgIpc) is 3.02. The Morgan fingerprint density at radius 1 is 1.07 bits per heavy atom. The van der Waals surface area contributed by atoms with Crippen LogP contribution in [0.3, 0.4) is 0 Å². The number of benzene rings is 1. The molecule has 0 amide bonds. The van der Waals surface area contributed by atoms with Crippen molar-refractivity contribution in [3.05, 3.63) is 53.4 Å². The molecule has 0 N–H and O–H groups in total. The van der Waals surface area contributed by atoms with E-state index in [0.29, 0.717) is 11.0 Å². The lowest BCUT2D eigenvalue weighted by Crippen LogP contribution is -2.04. The van der Waals surface area contributed by atoms with E-state index in [4.69, 9.17) is 0 Å². The largest absolute Gasteiger partial charge is 0.273 e. The molecule has 0 saturated carbocycles. The highest BCUT2D eigenvalue weighted by molar-refractivity contribution is 7.99. The summed E-state index contributed by atoms with van der Waals surface area (Å²) in [5.41, 5.74) is 2.74. The summed E-state index contributed by atoms with van der Waals surface area (Å²) >= 11 is 3.19. The summed E-state index contributed by atoms with van der Waals surface area (Å²) in [6, 6.07) is 8.36. The van der Waals surface area contributed by atoms with Crippen LogP contribution in [0.1, 0.15) is 37.5 Å². The summed E-state index contributed by atoms with van der Waals surface area (Å²) in [7, 11) is 0. The van der Waals surface area contributed by atoms with Crippen molar-refractivity contribution in [2.75, 3.05) is 0 Å². The van der Waals surface area contributed by atoms with E-state index in [1.165, 1.54) is 23.9 Å². The van der Waals surface area contributed by atoms with Crippen LogP contribution in [0.4, 0.5) is 4.39 Å². The van der Waals surface area contributed by atoms with Crippen LogP contribution in [-0.2, 0) is 5.75 Å². The third-order valence-electron chi connectivity index (χ3n) is 3.96. The minimum atomic E-state index is -0.262. The lowest BCUT2D eigenvalue weighted by atomic mass is 10.3. The maximum atomic E-state index is 13.4. The van der Waals surface area contributed by atoms with Gasteiger partial charge in [0.15, 0.2) is 10.3 Å². The van der Waals surface area contributed by atoms with Crippen molar-refractivity contribution < 1.29 is 4.39 Å². The lowest BCUT2D eigenvalue weighted by Gasteiger charge is -2.12. The maximum absolute atomic E-state index is 13.4. The SMILES string of the molecule is CC[C@H](C)Sc1nnc(CSc2nc(C)cc(C)n2)n1-c1ccc(F)cc1. The topological polar surface area (TPSA) is 56.5 Å². The van der Waals surface area contributed by atoms with Crippen molar-refractivity contribution in [2.24, 2.45) is 0 Å². The van der Waals surface area contributed by atoms with Gasteiger partial charge in [-0.05, 0) is 50.6 Å². The molecule has 0 aliphatic heterocycles. The fraction of sp³-hybridized carbons (Fsp3) is 0.368. The van der Waals surface area contributed by atoms with Crippen LogP contribution in [0.5, 0.6) is 0 Å². The molecule has 0 aliphatic carbocycles. The van der Waals surface area contributed by atoms with Gasteiger partial charge in [0, 0.05) is 22.3 Å². The van der Waals surface area contributed by atoms with E-state index in [1.807, 2.05) is 24.5 Å². The summed E-state index contributed by atoms with van der Waals surface area (Å²) in [5.74, 6) is 1.11.